The van der Waals surface area contributed by atoms with Crippen molar-refractivity contribution in [3.63, 3.8) is 0 Å². The average Bonchev–Trinajstić information content (AvgIpc) is 2.84. The van der Waals surface area contributed by atoms with Crippen LogP contribution in [0, 0.1) is 28.6 Å². The summed E-state index contributed by atoms with van der Waals surface area (Å²) in [6.07, 6.45) is 11.3. The molecule has 4 aliphatic carbocycles. The molecule has 0 bridgehead atoms. The van der Waals surface area contributed by atoms with E-state index in [4.69, 9.17) is 4.74 Å². The fourth-order valence-corrected chi connectivity index (χ4v) is 6.99. The number of ether oxygens (including phenoxy) is 1. The molecule has 4 aliphatic rings. The second-order valence-corrected chi connectivity index (χ2v) is 9.38. The second-order valence-electron chi connectivity index (χ2n) is 9.38. The van der Waals surface area contributed by atoms with Gasteiger partial charge in [-0.3, -0.25) is 4.79 Å². The van der Waals surface area contributed by atoms with Gasteiger partial charge in [-0.15, -0.1) is 0 Å². The third-order valence-corrected chi connectivity index (χ3v) is 8.30. The molecule has 1 N–H and O–H groups in total. The number of rotatable bonds is 1. The molecule has 0 aromatic carbocycles. The van der Waals surface area contributed by atoms with Crippen molar-refractivity contribution in [2.75, 3.05) is 0 Å². The molecular weight excluding hydrogens is 300 g/mol. The van der Waals surface area contributed by atoms with Gasteiger partial charge in [0, 0.05) is 12.3 Å². The molecular formula is C21H32O3. The summed E-state index contributed by atoms with van der Waals surface area (Å²) < 4.78 is 5.72. The first kappa shape index (κ1) is 16.6. The lowest BCUT2D eigenvalue weighted by Crippen LogP contribution is -2.51. The van der Waals surface area contributed by atoms with Crippen molar-refractivity contribution in [3.8, 4) is 0 Å². The Morgan fingerprint density at radius 3 is 2.71 bits per heavy atom. The Morgan fingerprint density at radius 1 is 1.17 bits per heavy atom. The van der Waals surface area contributed by atoms with Crippen molar-refractivity contribution in [3.05, 3.63) is 11.6 Å². The maximum absolute atomic E-state index is 11.5. The second kappa shape index (κ2) is 5.59. The fourth-order valence-electron chi connectivity index (χ4n) is 6.99. The van der Waals surface area contributed by atoms with Gasteiger partial charge in [0.15, 0.2) is 0 Å². The van der Waals surface area contributed by atoms with E-state index in [1.165, 1.54) is 24.8 Å². The standard InChI is InChI=1S/C21H32O3/c1-13(22)24-19-7-6-17-16-5-4-14-12-15(23)8-10-20(14,2)18(16)9-11-21(17,19)3/h4,15-19,23H,5-12H2,1-3H3/t15-,16-,17-,18-,19-,20+,21-/m0/s1. The Balaban J connectivity index is 1.62. The summed E-state index contributed by atoms with van der Waals surface area (Å²) in [6, 6.07) is 0. The van der Waals surface area contributed by atoms with Gasteiger partial charge in [0.05, 0.1) is 6.10 Å². The molecule has 7 atom stereocenters. The summed E-state index contributed by atoms with van der Waals surface area (Å²) in [5.74, 6) is 2.04. The number of fused-ring (bicyclic) bond motifs is 5. The monoisotopic (exact) mass is 332 g/mol. The third kappa shape index (κ3) is 2.30. The number of aliphatic hydroxyl groups excluding tert-OH is 1. The zero-order valence-corrected chi connectivity index (χ0v) is 15.4. The zero-order valence-electron chi connectivity index (χ0n) is 15.4. The Bertz CT molecular complexity index is 567. The molecule has 3 heteroatoms. The first-order valence-electron chi connectivity index (χ1n) is 9.89. The molecule has 0 unspecified atom stereocenters. The van der Waals surface area contributed by atoms with E-state index in [1.54, 1.807) is 6.92 Å². The van der Waals surface area contributed by atoms with Crippen molar-refractivity contribution in [2.45, 2.75) is 84.3 Å². The smallest absolute Gasteiger partial charge is 0.302 e. The lowest BCUT2D eigenvalue weighted by Gasteiger charge is -2.57. The van der Waals surface area contributed by atoms with Crippen molar-refractivity contribution >= 4 is 5.97 Å². The molecule has 3 fully saturated rings. The number of hydrogen-bond acceptors (Lipinski definition) is 3. The first-order chi connectivity index (χ1) is 11.3. The predicted octanol–water partition coefficient (Wildman–Crippen LogP) is 4.24. The van der Waals surface area contributed by atoms with Crippen LogP contribution in [0.15, 0.2) is 11.6 Å². The van der Waals surface area contributed by atoms with E-state index in [-0.39, 0.29) is 23.6 Å². The average molecular weight is 332 g/mol. The Morgan fingerprint density at radius 2 is 1.96 bits per heavy atom. The number of aliphatic hydroxyl groups is 1. The van der Waals surface area contributed by atoms with Crippen LogP contribution < -0.4 is 0 Å². The minimum absolute atomic E-state index is 0.118. The van der Waals surface area contributed by atoms with E-state index in [0.717, 1.165) is 43.9 Å². The molecule has 0 radical (unpaired) electrons. The number of carbonyl (C=O) groups excluding carboxylic acids is 1. The van der Waals surface area contributed by atoms with Crippen LogP contribution >= 0.6 is 0 Å². The van der Waals surface area contributed by atoms with Crippen LogP contribution in [0.25, 0.3) is 0 Å². The summed E-state index contributed by atoms with van der Waals surface area (Å²) in [5.41, 5.74) is 1.99. The van der Waals surface area contributed by atoms with Gasteiger partial charge in [-0.05, 0) is 74.5 Å². The zero-order chi connectivity index (χ0) is 17.1. The number of carbonyl (C=O) groups is 1. The number of esters is 1. The van der Waals surface area contributed by atoms with Crippen molar-refractivity contribution in [2.24, 2.45) is 28.6 Å². The van der Waals surface area contributed by atoms with Gasteiger partial charge in [-0.2, -0.15) is 0 Å². The van der Waals surface area contributed by atoms with Gasteiger partial charge in [-0.1, -0.05) is 25.5 Å². The van der Waals surface area contributed by atoms with E-state index < -0.39 is 0 Å². The van der Waals surface area contributed by atoms with Gasteiger partial charge in [0.25, 0.3) is 0 Å². The van der Waals surface area contributed by atoms with Crippen LogP contribution in [-0.2, 0) is 9.53 Å². The van der Waals surface area contributed by atoms with Crippen LogP contribution in [-0.4, -0.2) is 23.3 Å². The molecule has 134 valence electrons. The lowest BCUT2D eigenvalue weighted by atomic mass is 9.48. The fraction of sp³-hybridized carbons (Fsp3) is 0.857. The highest BCUT2D eigenvalue weighted by Crippen LogP contribution is 2.65. The van der Waals surface area contributed by atoms with Crippen molar-refractivity contribution < 1.29 is 14.6 Å². The molecule has 0 aromatic heterocycles. The largest absolute Gasteiger partial charge is 0.462 e. The summed E-state index contributed by atoms with van der Waals surface area (Å²) >= 11 is 0. The predicted molar refractivity (Wildman–Crippen MR) is 93.3 cm³/mol. The van der Waals surface area contributed by atoms with E-state index in [1.807, 2.05) is 0 Å². The van der Waals surface area contributed by atoms with E-state index in [2.05, 4.69) is 19.9 Å². The minimum Gasteiger partial charge on any atom is -0.462 e. The molecule has 0 heterocycles. The first-order valence-corrected chi connectivity index (χ1v) is 9.89. The third-order valence-electron chi connectivity index (χ3n) is 8.30. The molecule has 3 saturated carbocycles. The minimum atomic E-state index is -0.130. The highest BCUT2D eigenvalue weighted by molar-refractivity contribution is 5.66. The van der Waals surface area contributed by atoms with Crippen LogP contribution in [0.5, 0.6) is 0 Å². The molecule has 4 rings (SSSR count). The van der Waals surface area contributed by atoms with Crippen molar-refractivity contribution in [1.29, 1.82) is 0 Å². The molecule has 0 amide bonds. The van der Waals surface area contributed by atoms with E-state index in [0.29, 0.717) is 11.3 Å². The quantitative estimate of drug-likeness (QED) is 0.577. The van der Waals surface area contributed by atoms with Crippen LogP contribution in [0.4, 0.5) is 0 Å². The summed E-state index contributed by atoms with van der Waals surface area (Å²) in [5, 5.41) is 10.1. The van der Waals surface area contributed by atoms with Gasteiger partial charge in [-0.25, -0.2) is 0 Å². The topological polar surface area (TPSA) is 46.5 Å². The molecule has 0 aliphatic heterocycles. The normalized spacial score (nSPS) is 50.3. The summed E-state index contributed by atoms with van der Waals surface area (Å²) in [6.45, 7) is 6.38. The van der Waals surface area contributed by atoms with Gasteiger partial charge in [0.2, 0.25) is 0 Å². The molecule has 3 nitrogen and oxygen atoms in total. The van der Waals surface area contributed by atoms with E-state index in [9.17, 15) is 9.90 Å². The summed E-state index contributed by atoms with van der Waals surface area (Å²) in [4.78, 5) is 11.5. The summed E-state index contributed by atoms with van der Waals surface area (Å²) in [7, 11) is 0. The number of allylic oxidation sites excluding steroid dienone is 1. The Kier molecular flexibility index (Phi) is 3.87. The van der Waals surface area contributed by atoms with Crippen LogP contribution in [0.1, 0.15) is 72.1 Å². The van der Waals surface area contributed by atoms with Gasteiger partial charge in [0.1, 0.15) is 6.10 Å². The van der Waals surface area contributed by atoms with Gasteiger partial charge >= 0.3 is 5.97 Å². The Hall–Kier alpha value is -0.830. The van der Waals surface area contributed by atoms with Gasteiger partial charge < -0.3 is 9.84 Å². The van der Waals surface area contributed by atoms with Crippen LogP contribution in [0.3, 0.4) is 0 Å². The SMILES string of the molecule is CC(=O)O[C@H]1CC[C@H]2[C@@H]3CC=C4C[C@@H](O)CC[C@@]4(C)[C@H]3CC[C@]12C. The highest BCUT2D eigenvalue weighted by atomic mass is 16.5. The Labute approximate surface area is 145 Å². The van der Waals surface area contributed by atoms with E-state index >= 15 is 0 Å². The highest BCUT2D eigenvalue weighted by Gasteiger charge is 2.59. The molecule has 0 aromatic rings. The maximum Gasteiger partial charge on any atom is 0.302 e. The lowest BCUT2D eigenvalue weighted by molar-refractivity contribution is -0.156. The maximum atomic E-state index is 11.5. The molecule has 0 spiro atoms. The van der Waals surface area contributed by atoms with Crippen molar-refractivity contribution in [1.82, 2.24) is 0 Å². The molecule has 0 saturated heterocycles. The number of hydrogen-bond donors (Lipinski definition) is 1. The molecule has 24 heavy (non-hydrogen) atoms. The van der Waals surface area contributed by atoms with Crippen LogP contribution in [0.2, 0.25) is 0 Å².